The van der Waals surface area contributed by atoms with Crippen LogP contribution >= 0.6 is 7.60 Å². The van der Waals surface area contributed by atoms with E-state index in [9.17, 15) is 4.57 Å². The van der Waals surface area contributed by atoms with Crippen molar-refractivity contribution in [1.29, 1.82) is 0 Å². The molecule has 0 amide bonds. The molecule has 2 aromatic heterocycles. The van der Waals surface area contributed by atoms with Crippen molar-refractivity contribution in [1.82, 2.24) is 19.5 Å². The van der Waals surface area contributed by atoms with Crippen molar-refractivity contribution in [2.45, 2.75) is 25.3 Å². The Morgan fingerprint density at radius 3 is 2.64 bits per heavy atom. The number of aromatic nitrogens is 4. The molecule has 11 heteroatoms. The molecule has 2 aromatic rings. The number of nitrogens with zero attached hydrogens (tertiary/aromatic N) is 4. The molecule has 1 fully saturated rings. The average molecular weight is 328 g/mol. The Morgan fingerprint density at radius 1 is 1.27 bits per heavy atom. The molecular weight excluding hydrogens is 311 g/mol. The van der Waals surface area contributed by atoms with Gasteiger partial charge in [0, 0.05) is 12.5 Å². The van der Waals surface area contributed by atoms with E-state index < -0.39 is 13.9 Å². The molecule has 0 radical (unpaired) electrons. The van der Waals surface area contributed by atoms with Gasteiger partial charge in [0.1, 0.15) is 12.2 Å². The maximum Gasteiger partial charge on any atom is 0.350 e. The molecule has 1 aliphatic rings. The summed E-state index contributed by atoms with van der Waals surface area (Å²) in [6.07, 6.45) is 1.46. The quantitative estimate of drug-likeness (QED) is 0.423. The van der Waals surface area contributed by atoms with Crippen LogP contribution in [0.1, 0.15) is 24.6 Å². The minimum absolute atomic E-state index is 0.0598. The van der Waals surface area contributed by atoms with Crippen LogP contribution < -0.4 is 11.5 Å². The standard InChI is InChI=1S/C11H17N6O4P/c12-8-7-10(16-11(13)15-8)17(9(14-7)6-1-2-6)3-4-21-5-22(18,19)20/h6H,1-5H2,(H2,18,19,20)(H4,12,13,15,16). The molecule has 0 bridgehead atoms. The molecular formula is C11H17N6O4P. The van der Waals surface area contributed by atoms with Crippen LogP contribution in [0, 0.1) is 0 Å². The van der Waals surface area contributed by atoms with Crippen LogP contribution in [-0.2, 0) is 15.8 Å². The topological polar surface area (TPSA) is 162 Å². The highest BCUT2D eigenvalue weighted by Gasteiger charge is 2.30. The summed E-state index contributed by atoms with van der Waals surface area (Å²) >= 11 is 0. The van der Waals surface area contributed by atoms with Gasteiger partial charge in [-0.15, -0.1) is 0 Å². The largest absolute Gasteiger partial charge is 0.382 e. The molecule has 0 atom stereocenters. The minimum Gasteiger partial charge on any atom is -0.382 e. The second kappa shape index (κ2) is 5.47. The lowest BCUT2D eigenvalue weighted by atomic mass is 10.4. The highest BCUT2D eigenvalue weighted by atomic mass is 31.2. The average Bonchev–Trinajstić information content (AvgIpc) is 3.17. The maximum absolute atomic E-state index is 10.8. The summed E-state index contributed by atoms with van der Waals surface area (Å²) < 4.78 is 17.6. The van der Waals surface area contributed by atoms with E-state index in [1.54, 1.807) is 0 Å². The molecule has 0 unspecified atom stereocenters. The summed E-state index contributed by atoms with van der Waals surface area (Å²) in [6.45, 7) is 0.484. The zero-order valence-corrected chi connectivity index (χ0v) is 12.6. The zero-order chi connectivity index (χ0) is 15.9. The number of nitrogen functional groups attached to an aromatic ring is 2. The molecule has 1 aliphatic carbocycles. The Hall–Kier alpha value is -1.74. The van der Waals surface area contributed by atoms with Gasteiger partial charge in [-0.25, -0.2) is 4.98 Å². The third-order valence-electron chi connectivity index (χ3n) is 3.33. The normalized spacial score (nSPS) is 15.5. The monoisotopic (exact) mass is 328 g/mol. The first kappa shape index (κ1) is 15.2. The lowest BCUT2D eigenvalue weighted by Gasteiger charge is -2.09. The van der Waals surface area contributed by atoms with Crippen LogP contribution in [-0.4, -0.2) is 42.3 Å². The smallest absolute Gasteiger partial charge is 0.350 e. The number of fused-ring (bicyclic) bond motifs is 1. The number of imidazole rings is 1. The third kappa shape index (κ3) is 3.20. The Bertz CT molecular complexity index is 753. The van der Waals surface area contributed by atoms with Gasteiger partial charge in [0.15, 0.2) is 17.0 Å². The van der Waals surface area contributed by atoms with E-state index in [0.717, 1.165) is 18.7 Å². The van der Waals surface area contributed by atoms with Crippen LogP contribution in [0.4, 0.5) is 11.8 Å². The van der Waals surface area contributed by atoms with Crippen LogP contribution in [0.25, 0.3) is 11.2 Å². The molecule has 1 saturated carbocycles. The third-order valence-corrected chi connectivity index (χ3v) is 3.85. The Morgan fingerprint density at radius 2 is 2.00 bits per heavy atom. The van der Waals surface area contributed by atoms with Crippen molar-refractivity contribution >= 4 is 30.5 Å². The summed E-state index contributed by atoms with van der Waals surface area (Å²) in [5.41, 5.74) is 12.5. The van der Waals surface area contributed by atoms with Gasteiger partial charge in [0.2, 0.25) is 5.95 Å². The van der Waals surface area contributed by atoms with Crippen molar-refractivity contribution < 1.29 is 19.1 Å². The number of rotatable bonds is 6. The van der Waals surface area contributed by atoms with E-state index in [1.165, 1.54) is 0 Å². The lowest BCUT2D eigenvalue weighted by molar-refractivity contribution is 0.149. The first-order valence-corrected chi connectivity index (χ1v) is 8.56. The highest BCUT2D eigenvalue weighted by molar-refractivity contribution is 7.51. The van der Waals surface area contributed by atoms with Gasteiger partial charge in [0.05, 0.1) is 6.61 Å². The van der Waals surface area contributed by atoms with Crippen LogP contribution in [0.2, 0.25) is 0 Å². The van der Waals surface area contributed by atoms with E-state index in [-0.39, 0.29) is 18.4 Å². The van der Waals surface area contributed by atoms with E-state index in [4.69, 9.17) is 26.0 Å². The Labute approximate surface area is 125 Å². The zero-order valence-electron chi connectivity index (χ0n) is 11.7. The van der Waals surface area contributed by atoms with Gasteiger partial charge in [0.25, 0.3) is 0 Å². The van der Waals surface area contributed by atoms with Crippen molar-refractivity contribution in [3.8, 4) is 0 Å². The fourth-order valence-corrected chi connectivity index (χ4v) is 2.64. The lowest BCUT2D eigenvalue weighted by Crippen LogP contribution is -2.11. The van der Waals surface area contributed by atoms with Crippen molar-refractivity contribution in [3.05, 3.63) is 5.82 Å². The van der Waals surface area contributed by atoms with Gasteiger partial charge >= 0.3 is 7.60 Å². The molecule has 0 spiro atoms. The van der Waals surface area contributed by atoms with E-state index in [2.05, 4.69) is 15.0 Å². The summed E-state index contributed by atoms with van der Waals surface area (Å²) in [6, 6.07) is 0. The molecule has 10 nitrogen and oxygen atoms in total. The molecule has 0 aliphatic heterocycles. The van der Waals surface area contributed by atoms with Crippen LogP contribution in [0.5, 0.6) is 0 Å². The first-order chi connectivity index (χ1) is 10.3. The maximum atomic E-state index is 10.8. The van der Waals surface area contributed by atoms with Gasteiger partial charge in [-0.05, 0) is 12.8 Å². The summed E-state index contributed by atoms with van der Waals surface area (Å²) in [5.74, 6) is 1.46. The van der Waals surface area contributed by atoms with Gasteiger partial charge in [-0.2, -0.15) is 9.97 Å². The molecule has 3 rings (SSSR count). The summed E-state index contributed by atoms with van der Waals surface area (Å²) in [5, 5.41) is 0. The van der Waals surface area contributed by atoms with Crippen molar-refractivity contribution in [2.75, 3.05) is 24.4 Å². The van der Waals surface area contributed by atoms with E-state index in [0.29, 0.717) is 23.6 Å². The predicted octanol–water partition coefficient (Wildman–Crippen LogP) is 0.0199. The Balaban J connectivity index is 1.86. The molecule has 2 heterocycles. The van der Waals surface area contributed by atoms with Crippen LogP contribution in [0.15, 0.2) is 0 Å². The highest BCUT2D eigenvalue weighted by Crippen LogP contribution is 2.41. The number of anilines is 2. The van der Waals surface area contributed by atoms with Crippen LogP contribution in [0.3, 0.4) is 0 Å². The number of hydrogen-bond acceptors (Lipinski definition) is 7. The van der Waals surface area contributed by atoms with E-state index in [1.807, 2.05) is 4.57 Å². The number of nitrogens with two attached hydrogens (primary N) is 2. The van der Waals surface area contributed by atoms with Crippen molar-refractivity contribution in [3.63, 3.8) is 0 Å². The van der Waals surface area contributed by atoms with Gasteiger partial charge in [-0.3, -0.25) is 4.57 Å². The molecule has 0 aromatic carbocycles. The number of hydrogen-bond donors (Lipinski definition) is 4. The number of ether oxygens (including phenoxy) is 1. The summed E-state index contributed by atoms with van der Waals surface area (Å²) in [7, 11) is -4.17. The fourth-order valence-electron chi connectivity index (χ4n) is 2.27. The van der Waals surface area contributed by atoms with Gasteiger partial charge in [-0.1, -0.05) is 0 Å². The molecule has 6 N–H and O–H groups in total. The fraction of sp³-hybridized carbons (Fsp3) is 0.545. The van der Waals surface area contributed by atoms with E-state index >= 15 is 0 Å². The second-order valence-electron chi connectivity index (χ2n) is 5.24. The first-order valence-electron chi connectivity index (χ1n) is 6.76. The SMILES string of the molecule is Nc1nc(N)c2nc(C3CC3)n(CCOCP(=O)(O)O)c2n1. The Kier molecular flexibility index (Phi) is 3.77. The summed E-state index contributed by atoms with van der Waals surface area (Å²) in [4.78, 5) is 30.1. The predicted molar refractivity (Wildman–Crippen MR) is 79.0 cm³/mol. The second-order valence-corrected chi connectivity index (χ2v) is 6.82. The minimum atomic E-state index is -4.17. The van der Waals surface area contributed by atoms with Gasteiger partial charge < -0.3 is 30.6 Å². The molecule has 120 valence electrons. The molecule has 22 heavy (non-hydrogen) atoms. The van der Waals surface area contributed by atoms with Crippen molar-refractivity contribution in [2.24, 2.45) is 0 Å². The molecule has 0 saturated heterocycles.